The van der Waals surface area contributed by atoms with Crippen LogP contribution < -0.4 is 4.74 Å². The zero-order chi connectivity index (χ0) is 13.4. The summed E-state index contributed by atoms with van der Waals surface area (Å²) in [6.07, 6.45) is 0. The molecule has 1 unspecified atom stereocenters. The maximum Gasteiger partial charge on any atom is 0.173 e. The van der Waals surface area contributed by atoms with E-state index in [9.17, 15) is 9.18 Å². The Balaban J connectivity index is 1.98. The number of hydrogen-bond donors (Lipinski definition) is 0. The number of para-hydroxylation sites is 1. The number of ether oxygens (including phenoxy) is 1. The van der Waals surface area contributed by atoms with Crippen molar-refractivity contribution in [2.75, 3.05) is 6.61 Å². The van der Waals surface area contributed by atoms with E-state index >= 15 is 0 Å². The zero-order valence-corrected chi connectivity index (χ0v) is 10.5. The predicted octanol–water partition coefficient (Wildman–Crippen LogP) is 3.49. The predicted molar refractivity (Wildman–Crippen MR) is 70.1 cm³/mol. The average molecular weight is 256 g/mol. The summed E-state index contributed by atoms with van der Waals surface area (Å²) in [6, 6.07) is 11.9. The lowest BCUT2D eigenvalue weighted by Crippen LogP contribution is -2.14. The minimum atomic E-state index is -0.379. The molecular weight excluding hydrogens is 243 g/mol. The number of Topliss-reactive ketones (excluding diaryl/α,β-unsaturated/α-hetero) is 1. The van der Waals surface area contributed by atoms with Crippen LogP contribution in [0.2, 0.25) is 0 Å². The smallest absolute Gasteiger partial charge is 0.173 e. The normalized spacial score (nSPS) is 16.8. The Labute approximate surface area is 110 Å². The van der Waals surface area contributed by atoms with Crippen molar-refractivity contribution in [3.63, 3.8) is 0 Å². The Morgan fingerprint density at radius 2 is 2.05 bits per heavy atom. The maximum absolute atomic E-state index is 13.4. The van der Waals surface area contributed by atoms with Gasteiger partial charge in [-0.15, -0.1) is 0 Å². The second-order valence-corrected chi connectivity index (χ2v) is 4.78. The number of ketones is 1. The van der Waals surface area contributed by atoms with E-state index in [0.717, 1.165) is 16.9 Å². The third-order valence-corrected chi connectivity index (χ3v) is 3.34. The van der Waals surface area contributed by atoms with Crippen LogP contribution in [0, 0.1) is 12.7 Å². The molecule has 0 saturated carbocycles. The maximum atomic E-state index is 13.4. The Kier molecular flexibility index (Phi) is 2.82. The molecule has 3 heteroatoms. The zero-order valence-electron chi connectivity index (χ0n) is 10.5. The number of benzene rings is 2. The number of carbonyl (C=O) groups is 1. The van der Waals surface area contributed by atoms with Gasteiger partial charge in [-0.05, 0) is 36.8 Å². The highest BCUT2D eigenvalue weighted by Gasteiger charge is 2.30. The van der Waals surface area contributed by atoms with Gasteiger partial charge in [0.15, 0.2) is 5.78 Å². The van der Waals surface area contributed by atoms with Crippen LogP contribution in [0.4, 0.5) is 4.39 Å². The fraction of sp³-hybridized carbons (Fsp3) is 0.188. The lowest BCUT2D eigenvalue weighted by Gasteiger charge is -2.08. The molecule has 1 heterocycles. The number of carbonyl (C=O) groups excluding carboxylic acids is 1. The molecule has 0 amide bonds. The van der Waals surface area contributed by atoms with Crippen LogP contribution in [-0.4, -0.2) is 12.4 Å². The van der Waals surface area contributed by atoms with Crippen molar-refractivity contribution in [2.45, 2.75) is 12.8 Å². The highest BCUT2D eigenvalue weighted by molar-refractivity contribution is 6.02. The molecule has 1 atom stereocenters. The second-order valence-electron chi connectivity index (χ2n) is 4.78. The molecule has 0 aliphatic carbocycles. The summed E-state index contributed by atoms with van der Waals surface area (Å²) in [5, 5.41) is 0. The first kappa shape index (κ1) is 11.9. The third kappa shape index (κ3) is 2.12. The SMILES string of the molecule is Cc1cc(F)cc(C(=O)C2COc3ccccc32)c1. The van der Waals surface area contributed by atoms with Gasteiger partial charge in [-0.3, -0.25) is 4.79 Å². The molecule has 0 radical (unpaired) electrons. The van der Waals surface area contributed by atoms with Crippen molar-refractivity contribution in [1.29, 1.82) is 0 Å². The van der Waals surface area contributed by atoms with E-state index in [-0.39, 0.29) is 17.5 Å². The summed E-state index contributed by atoms with van der Waals surface area (Å²) in [4.78, 5) is 12.5. The highest BCUT2D eigenvalue weighted by Crippen LogP contribution is 2.35. The van der Waals surface area contributed by atoms with Gasteiger partial charge in [0.2, 0.25) is 0 Å². The van der Waals surface area contributed by atoms with Crippen molar-refractivity contribution in [2.24, 2.45) is 0 Å². The Bertz CT molecular complexity index is 629. The molecule has 2 aromatic carbocycles. The molecule has 0 spiro atoms. The monoisotopic (exact) mass is 256 g/mol. The lowest BCUT2D eigenvalue weighted by atomic mass is 9.92. The summed E-state index contributed by atoms with van der Waals surface area (Å²) in [5.74, 6) is -0.0607. The minimum absolute atomic E-state index is 0.0902. The molecule has 19 heavy (non-hydrogen) atoms. The van der Waals surface area contributed by atoms with Crippen molar-refractivity contribution in [1.82, 2.24) is 0 Å². The van der Waals surface area contributed by atoms with Crippen LogP contribution in [0.25, 0.3) is 0 Å². The summed E-state index contributed by atoms with van der Waals surface area (Å²) in [6.45, 7) is 2.10. The molecule has 1 aliphatic heterocycles. The van der Waals surface area contributed by atoms with Gasteiger partial charge >= 0.3 is 0 Å². The van der Waals surface area contributed by atoms with E-state index in [0.29, 0.717) is 12.2 Å². The van der Waals surface area contributed by atoms with E-state index in [1.54, 1.807) is 13.0 Å². The van der Waals surface area contributed by atoms with Gasteiger partial charge in [-0.25, -0.2) is 4.39 Å². The quantitative estimate of drug-likeness (QED) is 0.769. The Morgan fingerprint density at radius 1 is 1.26 bits per heavy atom. The fourth-order valence-corrected chi connectivity index (χ4v) is 2.46. The van der Waals surface area contributed by atoms with Crippen LogP contribution >= 0.6 is 0 Å². The van der Waals surface area contributed by atoms with E-state index in [2.05, 4.69) is 0 Å². The summed E-state index contributed by atoms with van der Waals surface area (Å²) in [5.41, 5.74) is 2.03. The van der Waals surface area contributed by atoms with Gasteiger partial charge in [0.25, 0.3) is 0 Å². The van der Waals surface area contributed by atoms with Crippen molar-refractivity contribution >= 4 is 5.78 Å². The molecule has 0 saturated heterocycles. The lowest BCUT2D eigenvalue weighted by molar-refractivity contribution is 0.0947. The van der Waals surface area contributed by atoms with Gasteiger partial charge in [-0.1, -0.05) is 18.2 Å². The van der Waals surface area contributed by atoms with E-state index in [4.69, 9.17) is 4.74 Å². The molecule has 0 aromatic heterocycles. The molecule has 0 fully saturated rings. The molecule has 96 valence electrons. The standard InChI is InChI=1S/C16H13FO2/c1-10-6-11(8-12(17)7-10)16(18)14-9-19-15-5-3-2-4-13(14)15/h2-8,14H,9H2,1H3. The second kappa shape index (κ2) is 4.50. The number of fused-ring (bicyclic) bond motifs is 1. The minimum Gasteiger partial charge on any atom is -0.492 e. The van der Waals surface area contributed by atoms with Gasteiger partial charge < -0.3 is 4.74 Å². The molecule has 2 nitrogen and oxygen atoms in total. The van der Waals surface area contributed by atoms with Crippen molar-refractivity contribution in [3.8, 4) is 5.75 Å². The Hall–Kier alpha value is -2.16. The molecule has 0 bridgehead atoms. The van der Waals surface area contributed by atoms with E-state index < -0.39 is 0 Å². The first-order chi connectivity index (χ1) is 9.15. The largest absolute Gasteiger partial charge is 0.492 e. The van der Waals surface area contributed by atoms with Crippen LogP contribution in [0.5, 0.6) is 5.75 Å². The van der Waals surface area contributed by atoms with Crippen LogP contribution in [0.3, 0.4) is 0 Å². The third-order valence-electron chi connectivity index (χ3n) is 3.34. The van der Waals surface area contributed by atoms with Crippen molar-refractivity contribution < 1.29 is 13.9 Å². The van der Waals surface area contributed by atoms with E-state index in [1.165, 1.54) is 12.1 Å². The van der Waals surface area contributed by atoms with E-state index in [1.807, 2.05) is 24.3 Å². The number of aryl methyl sites for hydroxylation is 1. The van der Waals surface area contributed by atoms with Gasteiger partial charge in [0, 0.05) is 11.1 Å². The number of rotatable bonds is 2. The molecule has 2 aromatic rings. The highest BCUT2D eigenvalue weighted by atomic mass is 19.1. The fourth-order valence-electron chi connectivity index (χ4n) is 2.46. The number of halogens is 1. The van der Waals surface area contributed by atoms with Gasteiger partial charge in [0.1, 0.15) is 18.2 Å². The van der Waals surface area contributed by atoms with Crippen LogP contribution in [0.15, 0.2) is 42.5 Å². The molecule has 0 N–H and O–H groups in total. The first-order valence-electron chi connectivity index (χ1n) is 6.18. The summed E-state index contributed by atoms with van der Waals surface area (Å²) in [7, 11) is 0. The first-order valence-corrected chi connectivity index (χ1v) is 6.18. The summed E-state index contributed by atoms with van der Waals surface area (Å²) >= 11 is 0. The topological polar surface area (TPSA) is 26.3 Å². The molecule has 3 rings (SSSR count). The van der Waals surface area contributed by atoms with Gasteiger partial charge in [0.05, 0.1) is 5.92 Å². The van der Waals surface area contributed by atoms with Crippen LogP contribution in [0.1, 0.15) is 27.4 Å². The van der Waals surface area contributed by atoms with Gasteiger partial charge in [-0.2, -0.15) is 0 Å². The number of hydrogen-bond acceptors (Lipinski definition) is 2. The molecule has 1 aliphatic rings. The Morgan fingerprint density at radius 3 is 2.84 bits per heavy atom. The van der Waals surface area contributed by atoms with Crippen LogP contribution in [-0.2, 0) is 0 Å². The van der Waals surface area contributed by atoms with Crippen molar-refractivity contribution in [3.05, 3.63) is 65.0 Å². The molecular formula is C16H13FO2. The average Bonchev–Trinajstić information content (AvgIpc) is 2.80. The summed E-state index contributed by atoms with van der Waals surface area (Å²) < 4.78 is 18.9.